The molecule has 0 fully saturated rings. The number of aryl methyl sites for hydroxylation is 2. The molecule has 0 aliphatic carbocycles. The normalized spacial score (nSPS) is 11.8. The zero-order chi connectivity index (χ0) is 17.9. The van der Waals surface area contributed by atoms with E-state index in [4.69, 9.17) is 11.6 Å². The van der Waals surface area contributed by atoms with Gasteiger partial charge in [0.2, 0.25) is 5.91 Å². The number of carbonyl (C=O) groups excluding carboxylic acids is 1. The number of amides is 1. The summed E-state index contributed by atoms with van der Waals surface area (Å²) in [4.78, 5) is 12.0. The van der Waals surface area contributed by atoms with Crippen molar-refractivity contribution >= 4 is 29.3 Å². The molecule has 0 heterocycles. The number of nitrogens with one attached hydrogen (secondary N) is 1. The maximum atomic E-state index is 12.7. The third kappa shape index (κ3) is 4.61. The minimum atomic E-state index is -4.46. The number of halogens is 4. The molecule has 2 nitrogen and oxygen atoms in total. The van der Waals surface area contributed by atoms with Gasteiger partial charge in [0.25, 0.3) is 0 Å². The monoisotopic (exact) mass is 353 g/mol. The molecule has 0 aliphatic heterocycles. The van der Waals surface area contributed by atoms with Crippen LogP contribution in [0.25, 0.3) is 6.08 Å². The quantitative estimate of drug-likeness (QED) is 0.712. The summed E-state index contributed by atoms with van der Waals surface area (Å²) in [6.45, 7) is 3.75. The highest BCUT2D eigenvalue weighted by Crippen LogP contribution is 2.32. The first-order valence-electron chi connectivity index (χ1n) is 7.10. The van der Waals surface area contributed by atoms with E-state index in [1.807, 2.05) is 32.0 Å². The number of hydrogen-bond donors (Lipinski definition) is 1. The summed E-state index contributed by atoms with van der Waals surface area (Å²) in [6.07, 6.45) is -2.05. The Bertz CT molecular complexity index is 797. The number of hydrogen-bond acceptors (Lipinski definition) is 1. The van der Waals surface area contributed by atoms with Gasteiger partial charge < -0.3 is 5.32 Å². The van der Waals surface area contributed by atoms with E-state index in [-0.39, 0.29) is 10.6 Å². The number of benzene rings is 2. The SMILES string of the molecule is Cc1ccc(C)c(NC(=O)/C=C/c2cc(C(F)(F)F)ccc2Cl)c1. The summed E-state index contributed by atoms with van der Waals surface area (Å²) < 4.78 is 38.2. The molecule has 24 heavy (non-hydrogen) atoms. The molecule has 2 rings (SSSR count). The van der Waals surface area contributed by atoms with E-state index in [9.17, 15) is 18.0 Å². The number of anilines is 1. The van der Waals surface area contributed by atoms with Gasteiger partial charge in [0.15, 0.2) is 0 Å². The molecule has 2 aromatic rings. The molecule has 126 valence electrons. The van der Waals surface area contributed by atoms with Crippen LogP contribution in [0, 0.1) is 13.8 Å². The first-order chi connectivity index (χ1) is 11.2. The topological polar surface area (TPSA) is 29.1 Å². The van der Waals surface area contributed by atoms with Crippen LogP contribution in [0.4, 0.5) is 18.9 Å². The van der Waals surface area contributed by atoms with E-state index in [1.54, 1.807) is 0 Å². The average molecular weight is 354 g/mol. The van der Waals surface area contributed by atoms with Crippen molar-refractivity contribution in [3.8, 4) is 0 Å². The lowest BCUT2D eigenvalue weighted by Crippen LogP contribution is -2.09. The largest absolute Gasteiger partial charge is 0.416 e. The Kier molecular flexibility index (Phi) is 5.34. The van der Waals surface area contributed by atoms with Crippen LogP contribution in [0.15, 0.2) is 42.5 Å². The third-order valence-corrected chi connectivity index (χ3v) is 3.73. The van der Waals surface area contributed by atoms with Crippen LogP contribution in [0.2, 0.25) is 5.02 Å². The zero-order valence-electron chi connectivity index (χ0n) is 13.0. The lowest BCUT2D eigenvalue weighted by molar-refractivity contribution is -0.137. The van der Waals surface area contributed by atoms with E-state index in [0.29, 0.717) is 5.69 Å². The van der Waals surface area contributed by atoms with Gasteiger partial charge >= 0.3 is 6.18 Å². The van der Waals surface area contributed by atoms with Crippen molar-refractivity contribution in [2.75, 3.05) is 5.32 Å². The molecular weight excluding hydrogens is 339 g/mol. The van der Waals surface area contributed by atoms with E-state index >= 15 is 0 Å². The molecule has 0 saturated heterocycles. The number of carbonyl (C=O) groups is 1. The van der Waals surface area contributed by atoms with E-state index in [1.165, 1.54) is 6.08 Å². The maximum absolute atomic E-state index is 12.7. The Hall–Kier alpha value is -2.27. The van der Waals surface area contributed by atoms with E-state index < -0.39 is 17.6 Å². The molecule has 0 unspecified atom stereocenters. The fraction of sp³-hybridized carbons (Fsp3) is 0.167. The molecule has 0 saturated carbocycles. The van der Waals surface area contributed by atoms with Crippen molar-refractivity contribution in [2.24, 2.45) is 0 Å². The van der Waals surface area contributed by atoms with Gasteiger partial charge in [0, 0.05) is 16.8 Å². The molecule has 0 spiro atoms. The van der Waals surface area contributed by atoms with Gasteiger partial charge in [-0.05, 0) is 60.9 Å². The van der Waals surface area contributed by atoms with Crippen molar-refractivity contribution in [3.63, 3.8) is 0 Å². The molecule has 6 heteroatoms. The second-order valence-electron chi connectivity index (χ2n) is 5.38. The summed E-state index contributed by atoms with van der Waals surface area (Å²) in [6, 6.07) is 8.58. The molecule has 1 amide bonds. The van der Waals surface area contributed by atoms with Crippen molar-refractivity contribution in [2.45, 2.75) is 20.0 Å². The minimum Gasteiger partial charge on any atom is -0.322 e. The third-order valence-electron chi connectivity index (χ3n) is 3.39. The lowest BCUT2D eigenvalue weighted by Gasteiger charge is -2.09. The van der Waals surface area contributed by atoms with Crippen molar-refractivity contribution < 1.29 is 18.0 Å². The smallest absolute Gasteiger partial charge is 0.322 e. The van der Waals surface area contributed by atoms with Crippen LogP contribution in [0.1, 0.15) is 22.3 Å². The highest BCUT2D eigenvalue weighted by atomic mass is 35.5. The van der Waals surface area contributed by atoms with Crippen LogP contribution < -0.4 is 5.32 Å². The summed E-state index contributed by atoms with van der Waals surface area (Å²) in [5.41, 5.74) is 1.84. The van der Waals surface area contributed by atoms with E-state index in [0.717, 1.165) is 35.4 Å². The standard InChI is InChI=1S/C18H15ClF3NO/c1-11-3-4-12(2)16(9-11)23-17(24)8-5-13-10-14(18(20,21)22)6-7-15(13)19/h3-10H,1-2H3,(H,23,24)/b8-5+. The fourth-order valence-electron chi connectivity index (χ4n) is 2.06. The fourth-order valence-corrected chi connectivity index (χ4v) is 2.24. The van der Waals surface area contributed by atoms with Gasteiger partial charge in [-0.2, -0.15) is 13.2 Å². The van der Waals surface area contributed by atoms with Gasteiger partial charge in [-0.3, -0.25) is 4.79 Å². The second-order valence-corrected chi connectivity index (χ2v) is 5.78. The Balaban J connectivity index is 2.18. The molecule has 0 aromatic heterocycles. The predicted molar refractivity (Wildman–Crippen MR) is 90.0 cm³/mol. The Morgan fingerprint density at radius 3 is 2.50 bits per heavy atom. The summed E-state index contributed by atoms with van der Waals surface area (Å²) in [5.74, 6) is -0.447. The molecule has 2 aromatic carbocycles. The summed E-state index contributed by atoms with van der Waals surface area (Å²) >= 11 is 5.89. The maximum Gasteiger partial charge on any atom is 0.416 e. The first kappa shape index (κ1) is 18.1. The minimum absolute atomic E-state index is 0.127. The molecular formula is C18H15ClF3NO. The Morgan fingerprint density at radius 1 is 1.12 bits per heavy atom. The first-order valence-corrected chi connectivity index (χ1v) is 7.47. The van der Waals surface area contributed by atoms with E-state index in [2.05, 4.69) is 5.32 Å². The molecule has 0 atom stereocenters. The van der Waals surface area contributed by atoms with Crippen LogP contribution in [0.5, 0.6) is 0 Å². The van der Waals surface area contributed by atoms with Gasteiger partial charge in [0.05, 0.1) is 5.56 Å². The van der Waals surface area contributed by atoms with Crippen molar-refractivity contribution in [1.82, 2.24) is 0 Å². The molecule has 0 radical (unpaired) electrons. The van der Waals surface area contributed by atoms with Gasteiger partial charge in [-0.25, -0.2) is 0 Å². The molecule has 1 N–H and O–H groups in total. The lowest BCUT2D eigenvalue weighted by atomic mass is 10.1. The Morgan fingerprint density at radius 2 is 1.83 bits per heavy atom. The number of rotatable bonds is 3. The predicted octanol–water partition coefficient (Wildman–Crippen LogP) is 5.63. The highest BCUT2D eigenvalue weighted by Gasteiger charge is 2.30. The van der Waals surface area contributed by atoms with Gasteiger partial charge in [0.1, 0.15) is 0 Å². The Labute approximate surface area is 142 Å². The summed E-state index contributed by atoms with van der Waals surface area (Å²) in [5, 5.41) is 2.83. The average Bonchev–Trinajstić information content (AvgIpc) is 2.49. The number of alkyl halides is 3. The highest BCUT2D eigenvalue weighted by molar-refractivity contribution is 6.32. The zero-order valence-corrected chi connectivity index (χ0v) is 13.8. The van der Waals surface area contributed by atoms with Crippen LogP contribution in [-0.2, 0) is 11.0 Å². The molecule has 0 bridgehead atoms. The van der Waals surface area contributed by atoms with Gasteiger partial charge in [-0.15, -0.1) is 0 Å². The van der Waals surface area contributed by atoms with Crippen LogP contribution in [0.3, 0.4) is 0 Å². The second kappa shape index (κ2) is 7.09. The molecule has 0 aliphatic rings. The van der Waals surface area contributed by atoms with Gasteiger partial charge in [-0.1, -0.05) is 23.7 Å². The van der Waals surface area contributed by atoms with Crippen LogP contribution >= 0.6 is 11.6 Å². The van der Waals surface area contributed by atoms with Crippen LogP contribution in [-0.4, -0.2) is 5.91 Å². The van der Waals surface area contributed by atoms with Crippen molar-refractivity contribution in [3.05, 3.63) is 69.8 Å². The summed E-state index contributed by atoms with van der Waals surface area (Å²) in [7, 11) is 0. The van der Waals surface area contributed by atoms with Crippen molar-refractivity contribution in [1.29, 1.82) is 0 Å².